The quantitative estimate of drug-likeness (QED) is 0.720. The molecule has 0 aliphatic heterocycles. The van der Waals surface area contributed by atoms with Crippen LogP contribution in [0.5, 0.6) is 5.88 Å². The first kappa shape index (κ1) is 8.93. The Morgan fingerprint density at radius 1 is 1.42 bits per heavy atom. The highest BCUT2D eigenvalue weighted by Gasteiger charge is 2.05. The van der Waals surface area contributed by atoms with Gasteiger partial charge in [0.25, 0.3) is 0 Å². The molecule has 12 heavy (non-hydrogen) atoms. The molecule has 0 spiro atoms. The molecule has 0 aliphatic carbocycles. The van der Waals surface area contributed by atoms with Crippen LogP contribution in [0.25, 0.3) is 0 Å². The molecule has 0 bridgehead atoms. The van der Waals surface area contributed by atoms with Crippen LogP contribution in [0.1, 0.15) is 19.5 Å². The highest BCUT2D eigenvalue weighted by Crippen LogP contribution is 2.11. The van der Waals surface area contributed by atoms with Gasteiger partial charge in [-0.2, -0.15) is 0 Å². The lowest BCUT2D eigenvalue weighted by Crippen LogP contribution is -2.11. The molecule has 2 N–H and O–H groups in total. The number of aromatic nitrogens is 2. The van der Waals surface area contributed by atoms with Crippen LogP contribution in [0.3, 0.4) is 0 Å². The molecule has 4 heteroatoms. The van der Waals surface area contributed by atoms with Gasteiger partial charge in [0.2, 0.25) is 5.88 Å². The molecular formula is C8H13N3O. The first-order valence-corrected chi connectivity index (χ1v) is 3.90. The first-order valence-electron chi connectivity index (χ1n) is 3.90. The van der Waals surface area contributed by atoms with Crippen LogP contribution >= 0.6 is 0 Å². The summed E-state index contributed by atoms with van der Waals surface area (Å²) in [5.41, 5.74) is 6.14. The number of nitrogens with zero attached hydrogens (tertiary/aromatic N) is 2. The summed E-state index contributed by atoms with van der Waals surface area (Å²) in [4.78, 5) is 8.06. The molecule has 1 heterocycles. The van der Waals surface area contributed by atoms with Crippen molar-refractivity contribution < 1.29 is 4.74 Å². The van der Waals surface area contributed by atoms with Gasteiger partial charge >= 0.3 is 0 Å². The number of hydrogen-bond acceptors (Lipinski definition) is 4. The molecule has 0 atom stereocenters. The van der Waals surface area contributed by atoms with Crippen LogP contribution < -0.4 is 10.5 Å². The molecule has 1 rings (SSSR count). The van der Waals surface area contributed by atoms with Crippen molar-refractivity contribution in [3.8, 4) is 5.88 Å². The SMILES string of the molecule is CC(C)Oc1nccnc1CN. The van der Waals surface area contributed by atoms with Gasteiger partial charge in [0.15, 0.2) is 0 Å². The monoisotopic (exact) mass is 167 g/mol. The third-order valence-electron chi connectivity index (χ3n) is 1.28. The number of hydrogen-bond donors (Lipinski definition) is 1. The fourth-order valence-corrected chi connectivity index (χ4v) is 0.816. The Kier molecular flexibility index (Phi) is 2.99. The van der Waals surface area contributed by atoms with Crippen molar-refractivity contribution >= 4 is 0 Å². The second-order valence-corrected chi connectivity index (χ2v) is 2.68. The second-order valence-electron chi connectivity index (χ2n) is 2.68. The molecule has 0 radical (unpaired) electrons. The Morgan fingerprint density at radius 2 is 2.08 bits per heavy atom. The molecule has 66 valence electrons. The highest BCUT2D eigenvalue weighted by atomic mass is 16.5. The zero-order valence-corrected chi connectivity index (χ0v) is 7.32. The van der Waals surface area contributed by atoms with E-state index in [4.69, 9.17) is 10.5 Å². The Morgan fingerprint density at radius 3 is 2.67 bits per heavy atom. The lowest BCUT2D eigenvalue weighted by molar-refractivity contribution is 0.228. The van der Waals surface area contributed by atoms with Crippen LogP contribution in [-0.4, -0.2) is 16.1 Å². The summed E-state index contributed by atoms with van der Waals surface area (Å²) in [7, 11) is 0. The molecule has 1 aromatic rings. The minimum atomic E-state index is 0.104. The molecule has 0 saturated carbocycles. The van der Waals surface area contributed by atoms with Gasteiger partial charge in [0.05, 0.1) is 6.10 Å². The van der Waals surface area contributed by atoms with E-state index >= 15 is 0 Å². The third kappa shape index (κ3) is 2.17. The maximum atomic E-state index is 5.44. The van der Waals surface area contributed by atoms with Crippen LogP contribution in [0.4, 0.5) is 0 Å². The van der Waals surface area contributed by atoms with Gasteiger partial charge in [0.1, 0.15) is 5.69 Å². The molecule has 4 nitrogen and oxygen atoms in total. The smallest absolute Gasteiger partial charge is 0.237 e. The van der Waals surface area contributed by atoms with Crippen LogP contribution in [0.2, 0.25) is 0 Å². The van der Waals surface area contributed by atoms with Crippen LogP contribution in [-0.2, 0) is 6.54 Å². The molecular weight excluding hydrogens is 154 g/mol. The van der Waals surface area contributed by atoms with Gasteiger partial charge in [-0.05, 0) is 13.8 Å². The van der Waals surface area contributed by atoms with Crippen molar-refractivity contribution in [1.82, 2.24) is 9.97 Å². The van der Waals surface area contributed by atoms with Crippen LogP contribution in [0, 0.1) is 0 Å². The fraction of sp³-hybridized carbons (Fsp3) is 0.500. The highest BCUT2D eigenvalue weighted by molar-refractivity contribution is 5.16. The van der Waals surface area contributed by atoms with Crippen molar-refractivity contribution in [2.24, 2.45) is 5.73 Å². The second kappa shape index (κ2) is 4.01. The summed E-state index contributed by atoms with van der Waals surface area (Å²) >= 11 is 0. The Balaban J connectivity index is 2.82. The lowest BCUT2D eigenvalue weighted by Gasteiger charge is -2.10. The van der Waals surface area contributed by atoms with E-state index < -0.39 is 0 Å². The summed E-state index contributed by atoms with van der Waals surface area (Å²) in [6, 6.07) is 0. The van der Waals surface area contributed by atoms with Gasteiger partial charge < -0.3 is 10.5 Å². The average Bonchev–Trinajstić information content (AvgIpc) is 2.04. The van der Waals surface area contributed by atoms with E-state index in [2.05, 4.69) is 9.97 Å². The molecule has 0 aliphatic rings. The Bertz CT molecular complexity index is 250. The number of rotatable bonds is 3. The van der Waals surface area contributed by atoms with E-state index in [1.165, 1.54) is 0 Å². The molecule has 0 unspecified atom stereocenters. The van der Waals surface area contributed by atoms with Gasteiger partial charge in [0, 0.05) is 18.9 Å². The van der Waals surface area contributed by atoms with Crippen molar-refractivity contribution in [3.63, 3.8) is 0 Å². The van der Waals surface area contributed by atoms with Gasteiger partial charge in [-0.15, -0.1) is 0 Å². The fourth-order valence-electron chi connectivity index (χ4n) is 0.816. The summed E-state index contributed by atoms with van der Waals surface area (Å²) in [6.07, 6.45) is 3.30. The van der Waals surface area contributed by atoms with Crippen LogP contribution in [0.15, 0.2) is 12.4 Å². The van der Waals surface area contributed by atoms with E-state index in [9.17, 15) is 0 Å². The molecule has 0 amide bonds. The molecule has 0 saturated heterocycles. The lowest BCUT2D eigenvalue weighted by atomic mass is 10.4. The standard InChI is InChI=1S/C8H13N3O/c1-6(2)12-8-7(5-9)10-3-4-11-8/h3-4,6H,5,9H2,1-2H3. The minimum absolute atomic E-state index is 0.104. The average molecular weight is 167 g/mol. The first-order chi connectivity index (χ1) is 5.74. The van der Waals surface area contributed by atoms with Gasteiger partial charge in [-0.3, -0.25) is 4.98 Å². The van der Waals surface area contributed by atoms with E-state index in [-0.39, 0.29) is 6.10 Å². The minimum Gasteiger partial charge on any atom is -0.474 e. The predicted octanol–water partition coefficient (Wildman–Crippen LogP) is 0.722. The summed E-state index contributed by atoms with van der Waals surface area (Å²) < 4.78 is 5.38. The van der Waals surface area contributed by atoms with Crippen molar-refractivity contribution in [1.29, 1.82) is 0 Å². The maximum absolute atomic E-state index is 5.44. The van der Waals surface area contributed by atoms with Crippen molar-refractivity contribution in [2.45, 2.75) is 26.5 Å². The van der Waals surface area contributed by atoms with E-state index in [0.717, 1.165) is 0 Å². The van der Waals surface area contributed by atoms with Gasteiger partial charge in [-0.1, -0.05) is 0 Å². The largest absolute Gasteiger partial charge is 0.474 e. The Labute approximate surface area is 71.8 Å². The van der Waals surface area contributed by atoms with Crippen molar-refractivity contribution in [2.75, 3.05) is 0 Å². The number of nitrogens with two attached hydrogens (primary N) is 1. The normalized spacial score (nSPS) is 10.3. The maximum Gasteiger partial charge on any atom is 0.237 e. The Hall–Kier alpha value is -1.16. The topological polar surface area (TPSA) is 61.0 Å². The van der Waals surface area contributed by atoms with E-state index in [1.54, 1.807) is 12.4 Å². The molecule has 0 fully saturated rings. The van der Waals surface area contributed by atoms with Gasteiger partial charge in [-0.25, -0.2) is 4.98 Å². The summed E-state index contributed by atoms with van der Waals surface area (Å²) in [6.45, 7) is 4.24. The summed E-state index contributed by atoms with van der Waals surface area (Å²) in [5, 5.41) is 0. The van der Waals surface area contributed by atoms with E-state index in [0.29, 0.717) is 18.1 Å². The van der Waals surface area contributed by atoms with E-state index in [1.807, 2.05) is 13.8 Å². The molecule has 0 aromatic carbocycles. The number of ether oxygens (including phenoxy) is 1. The third-order valence-corrected chi connectivity index (χ3v) is 1.28. The zero-order valence-electron chi connectivity index (χ0n) is 7.32. The predicted molar refractivity (Wildman–Crippen MR) is 45.7 cm³/mol. The summed E-state index contributed by atoms with van der Waals surface area (Å²) in [5.74, 6) is 0.537. The zero-order chi connectivity index (χ0) is 8.97. The van der Waals surface area contributed by atoms with Crippen molar-refractivity contribution in [3.05, 3.63) is 18.1 Å². The molecule has 1 aromatic heterocycles.